The number of aryl methyl sites for hydroxylation is 1. The summed E-state index contributed by atoms with van der Waals surface area (Å²) >= 11 is 0. The molecule has 1 saturated heterocycles. The van der Waals surface area contributed by atoms with Crippen molar-refractivity contribution in [2.24, 2.45) is 0 Å². The Labute approximate surface area is 203 Å². The van der Waals surface area contributed by atoms with Gasteiger partial charge in [0.1, 0.15) is 24.1 Å². The summed E-state index contributed by atoms with van der Waals surface area (Å²) < 4.78 is 6.46. The van der Waals surface area contributed by atoms with Gasteiger partial charge in [-0.05, 0) is 43.8 Å². The number of anilines is 2. The second-order valence-electron chi connectivity index (χ2n) is 8.91. The summed E-state index contributed by atoms with van der Waals surface area (Å²) in [6.07, 6.45) is 6.70. The number of hydrogen-bond donors (Lipinski definition) is 4. The van der Waals surface area contributed by atoms with Gasteiger partial charge >= 0.3 is 0 Å². The molecule has 10 heteroatoms. The molecule has 4 heterocycles. The number of H-pyrrole nitrogens is 1. The summed E-state index contributed by atoms with van der Waals surface area (Å²) in [4.78, 5) is 15.6. The summed E-state index contributed by atoms with van der Waals surface area (Å²) in [5.74, 6) is 1.36. The number of hydrogen-bond acceptors (Lipinski definition) is 9. The number of nitrogens with two attached hydrogens (primary N) is 1. The van der Waals surface area contributed by atoms with Crippen molar-refractivity contribution >= 4 is 28.1 Å². The molecule has 180 valence electrons. The topological polar surface area (TPSA) is 142 Å². The molecular weight excluding hydrogens is 442 g/mol. The Hall–Kier alpha value is -4.05. The number of nitrogens with zero attached hydrogens (tertiary/aromatic N) is 5. The molecule has 4 aromatic rings. The van der Waals surface area contributed by atoms with Crippen LogP contribution in [0.5, 0.6) is 5.88 Å². The van der Waals surface area contributed by atoms with E-state index in [-0.39, 0.29) is 17.6 Å². The second kappa shape index (κ2) is 9.67. The van der Waals surface area contributed by atoms with Gasteiger partial charge in [-0.1, -0.05) is 18.2 Å². The van der Waals surface area contributed by atoms with Crippen LogP contribution in [-0.4, -0.2) is 62.0 Å². The second-order valence-corrected chi connectivity index (χ2v) is 8.91. The fourth-order valence-electron chi connectivity index (χ4n) is 4.42. The standard InChI is InChI=1S/C25H29N9O/c1-15-4-3-5-16-10-18(33-25(20(15)16)35-19-6-8-34(2)9-7-19)13-28-24-21(23(27)29-14-30-24)22(26)17-11-31-32-12-17/h3-5,10-12,14,19,26H,6-9,13H2,1-2H3,(H,31,32)(H3,27,28,29,30). The molecule has 0 radical (unpaired) electrons. The number of likely N-dealkylation sites (tertiary alicyclic amines) is 1. The van der Waals surface area contributed by atoms with Crippen molar-refractivity contribution in [3.63, 3.8) is 0 Å². The van der Waals surface area contributed by atoms with Crippen LogP contribution in [0.25, 0.3) is 10.8 Å². The Bertz CT molecular complexity index is 1340. The highest BCUT2D eigenvalue weighted by Crippen LogP contribution is 2.30. The van der Waals surface area contributed by atoms with Gasteiger partial charge in [-0.25, -0.2) is 15.0 Å². The number of nitrogens with one attached hydrogen (secondary N) is 3. The van der Waals surface area contributed by atoms with Crippen molar-refractivity contribution in [2.45, 2.75) is 32.4 Å². The van der Waals surface area contributed by atoms with Crippen LogP contribution < -0.4 is 15.8 Å². The molecule has 1 fully saturated rings. The number of pyridine rings is 1. The predicted molar refractivity (Wildman–Crippen MR) is 136 cm³/mol. The van der Waals surface area contributed by atoms with Crippen LogP contribution in [0.4, 0.5) is 11.6 Å². The molecule has 10 nitrogen and oxygen atoms in total. The average molecular weight is 472 g/mol. The van der Waals surface area contributed by atoms with E-state index in [1.807, 2.05) is 6.07 Å². The monoisotopic (exact) mass is 471 g/mol. The molecule has 35 heavy (non-hydrogen) atoms. The highest BCUT2D eigenvalue weighted by atomic mass is 16.5. The largest absolute Gasteiger partial charge is 0.474 e. The van der Waals surface area contributed by atoms with Crippen molar-refractivity contribution in [1.29, 1.82) is 5.41 Å². The Kier molecular flexibility index (Phi) is 6.28. The summed E-state index contributed by atoms with van der Waals surface area (Å²) in [7, 11) is 2.14. The lowest BCUT2D eigenvalue weighted by molar-refractivity contribution is 0.111. The van der Waals surface area contributed by atoms with Gasteiger partial charge in [0.05, 0.1) is 29.7 Å². The lowest BCUT2D eigenvalue weighted by atomic mass is 10.1. The first-order valence-electron chi connectivity index (χ1n) is 11.7. The zero-order valence-electron chi connectivity index (χ0n) is 19.9. The zero-order chi connectivity index (χ0) is 24.4. The number of aromatic amines is 1. The molecule has 0 spiro atoms. The number of benzene rings is 1. The third kappa shape index (κ3) is 4.78. The summed E-state index contributed by atoms with van der Waals surface area (Å²) in [5.41, 5.74) is 9.28. The predicted octanol–water partition coefficient (Wildman–Crippen LogP) is 3.14. The Morgan fingerprint density at radius 1 is 1.29 bits per heavy atom. The molecule has 0 saturated carbocycles. The van der Waals surface area contributed by atoms with Crippen molar-refractivity contribution < 1.29 is 4.74 Å². The van der Waals surface area contributed by atoms with E-state index in [1.54, 1.807) is 12.4 Å². The lowest BCUT2D eigenvalue weighted by Crippen LogP contribution is -2.35. The first-order valence-corrected chi connectivity index (χ1v) is 11.7. The Morgan fingerprint density at radius 2 is 2.11 bits per heavy atom. The summed E-state index contributed by atoms with van der Waals surface area (Å²) in [5, 5.41) is 20.6. The summed E-state index contributed by atoms with van der Waals surface area (Å²) in [6, 6.07) is 8.27. The van der Waals surface area contributed by atoms with Crippen molar-refractivity contribution in [3.8, 4) is 5.88 Å². The molecule has 5 N–H and O–H groups in total. The van der Waals surface area contributed by atoms with Crippen molar-refractivity contribution in [1.82, 2.24) is 30.0 Å². The van der Waals surface area contributed by atoms with E-state index in [2.05, 4.69) is 62.6 Å². The van der Waals surface area contributed by atoms with Crippen molar-refractivity contribution in [2.75, 3.05) is 31.2 Å². The molecule has 1 aromatic carbocycles. The van der Waals surface area contributed by atoms with Crippen molar-refractivity contribution in [3.05, 3.63) is 65.4 Å². The molecule has 1 aliphatic heterocycles. The van der Waals surface area contributed by atoms with E-state index >= 15 is 0 Å². The molecule has 1 aliphatic rings. The molecule has 0 aliphatic carbocycles. The average Bonchev–Trinajstić information content (AvgIpc) is 3.39. The van der Waals surface area contributed by atoms with E-state index in [4.69, 9.17) is 20.9 Å². The number of aromatic nitrogens is 5. The number of fused-ring (bicyclic) bond motifs is 1. The molecule has 3 aromatic heterocycles. The molecule has 5 rings (SSSR count). The SMILES string of the molecule is Cc1cccc2cc(CNc3ncnc(N)c3C(=N)c3cn[nH]c3)nc(OC3CCN(C)CC3)c12. The van der Waals surface area contributed by atoms with Crippen LogP contribution in [-0.2, 0) is 6.54 Å². The first-order chi connectivity index (χ1) is 17.0. The third-order valence-electron chi connectivity index (χ3n) is 6.38. The fourth-order valence-corrected chi connectivity index (χ4v) is 4.42. The highest BCUT2D eigenvalue weighted by molar-refractivity contribution is 6.15. The van der Waals surface area contributed by atoms with Gasteiger partial charge < -0.3 is 20.7 Å². The van der Waals surface area contributed by atoms with Gasteiger partial charge in [-0.3, -0.25) is 10.5 Å². The number of nitrogen functional groups attached to an aromatic ring is 1. The van der Waals surface area contributed by atoms with Gasteiger partial charge in [-0.2, -0.15) is 5.10 Å². The van der Waals surface area contributed by atoms with E-state index in [0.29, 0.717) is 29.4 Å². The minimum Gasteiger partial charge on any atom is -0.474 e. The number of rotatable bonds is 7. The quantitative estimate of drug-likeness (QED) is 0.301. The maximum Gasteiger partial charge on any atom is 0.222 e. The van der Waals surface area contributed by atoms with Crippen LogP contribution in [0, 0.1) is 12.3 Å². The number of ether oxygens (including phenoxy) is 1. The lowest BCUT2D eigenvalue weighted by Gasteiger charge is -2.29. The minimum atomic E-state index is 0.147. The summed E-state index contributed by atoms with van der Waals surface area (Å²) in [6.45, 7) is 4.50. The minimum absolute atomic E-state index is 0.147. The zero-order valence-corrected chi connectivity index (χ0v) is 19.9. The molecule has 0 amide bonds. The molecule has 0 unspecified atom stereocenters. The maximum absolute atomic E-state index is 8.58. The van der Waals surface area contributed by atoms with E-state index in [1.165, 1.54) is 6.33 Å². The molecule has 0 bridgehead atoms. The maximum atomic E-state index is 8.58. The third-order valence-corrected chi connectivity index (χ3v) is 6.38. The van der Waals surface area contributed by atoms with E-state index < -0.39 is 0 Å². The van der Waals surface area contributed by atoms with Crippen LogP contribution in [0.15, 0.2) is 43.0 Å². The van der Waals surface area contributed by atoms with E-state index in [0.717, 1.165) is 48.0 Å². The fraction of sp³-hybridized carbons (Fsp3) is 0.320. The van der Waals surface area contributed by atoms with Crippen LogP contribution >= 0.6 is 0 Å². The Morgan fingerprint density at radius 3 is 2.89 bits per heavy atom. The molecule has 0 atom stereocenters. The van der Waals surface area contributed by atoms with Gasteiger partial charge in [0.25, 0.3) is 0 Å². The first kappa shape index (κ1) is 22.7. The number of piperidine rings is 1. The van der Waals surface area contributed by atoms with Crippen LogP contribution in [0.1, 0.15) is 35.2 Å². The molecular formula is C25H29N9O. The van der Waals surface area contributed by atoms with Gasteiger partial charge in [0.15, 0.2) is 0 Å². The normalized spacial score (nSPS) is 14.8. The van der Waals surface area contributed by atoms with E-state index in [9.17, 15) is 0 Å². The van der Waals surface area contributed by atoms with Crippen LogP contribution in [0.3, 0.4) is 0 Å². The highest BCUT2D eigenvalue weighted by Gasteiger charge is 2.21. The smallest absolute Gasteiger partial charge is 0.222 e. The van der Waals surface area contributed by atoms with Crippen LogP contribution in [0.2, 0.25) is 0 Å². The van der Waals surface area contributed by atoms with Gasteiger partial charge in [0.2, 0.25) is 5.88 Å². The van der Waals surface area contributed by atoms with Gasteiger partial charge in [0, 0.05) is 30.2 Å². The van der Waals surface area contributed by atoms with Gasteiger partial charge in [-0.15, -0.1) is 0 Å². The Balaban J connectivity index is 1.44.